The summed E-state index contributed by atoms with van der Waals surface area (Å²) in [6.45, 7) is 0. The molecule has 158 valence electrons. The van der Waals surface area contributed by atoms with E-state index in [1.165, 1.54) is 38.6 Å². The number of nitrogens with zero attached hydrogens (tertiary/aromatic N) is 2. The number of rotatable bonds is 4. The van der Waals surface area contributed by atoms with E-state index in [1.54, 1.807) is 0 Å². The summed E-state index contributed by atoms with van der Waals surface area (Å²) in [5.74, 6) is 0. The van der Waals surface area contributed by atoms with Crippen LogP contribution in [-0.2, 0) is 7.05 Å². The summed E-state index contributed by atoms with van der Waals surface area (Å²) in [5, 5.41) is 2.55. The number of hydrogen-bond acceptors (Lipinski definition) is 1. The van der Waals surface area contributed by atoms with Crippen LogP contribution < -0.4 is 4.90 Å². The molecule has 0 saturated heterocycles. The van der Waals surface area contributed by atoms with E-state index in [2.05, 4.69) is 144 Å². The molecule has 5 aromatic carbocycles. The van der Waals surface area contributed by atoms with Crippen molar-refractivity contribution < 1.29 is 0 Å². The van der Waals surface area contributed by atoms with Crippen molar-refractivity contribution in [3.63, 3.8) is 0 Å². The molecule has 1 aromatic heterocycles. The van der Waals surface area contributed by atoms with Crippen molar-refractivity contribution in [3.05, 3.63) is 127 Å². The van der Waals surface area contributed by atoms with Crippen molar-refractivity contribution >= 4 is 38.9 Å². The van der Waals surface area contributed by atoms with Crippen LogP contribution in [0.1, 0.15) is 0 Å². The number of para-hydroxylation sites is 3. The molecule has 0 spiro atoms. The summed E-state index contributed by atoms with van der Waals surface area (Å²) >= 11 is 0. The Labute approximate surface area is 194 Å². The normalized spacial score (nSPS) is 11.2. The first-order valence-corrected chi connectivity index (χ1v) is 11.3. The number of aryl methyl sites for hydroxylation is 1. The average molecular weight is 425 g/mol. The fourth-order valence-electron chi connectivity index (χ4n) is 4.86. The number of fused-ring (bicyclic) bond motifs is 3. The maximum absolute atomic E-state index is 2.37. The molecule has 0 aliphatic heterocycles. The molecule has 0 fully saturated rings. The highest BCUT2D eigenvalue weighted by atomic mass is 15.2. The molecule has 0 saturated carbocycles. The van der Waals surface area contributed by atoms with E-state index < -0.39 is 0 Å². The van der Waals surface area contributed by atoms with Gasteiger partial charge in [0, 0.05) is 34.7 Å². The first kappa shape index (κ1) is 19.4. The lowest BCUT2D eigenvalue weighted by Crippen LogP contribution is -2.11. The zero-order chi connectivity index (χ0) is 22.2. The third kappa shape index (κ3) is 3.28. The van der Waals surface area contributed by atoms with Gasteiger partial charge in [-0.1, -0.05) is 91.0 Å². The van der Waals surface area contributed by atoms with Crippen molar-refractivity contribution in [1.29, 1.82) is 0 Å². The van der Waals surface area contributed by atoms with Crippen LogP contribution in [0.25, 0.3) is 32.9 Å². The molecule has 2 heteroatoms. The highest BCUT2D eigenvalue weighted by molar-refractivity contribution is 6.13. The molecular weight excluding hydrogens is 400 g/mol. The predicted molar refractivity (Wildman–Crippen MR) is 141 cm³/mol. The number of benzene rings is 5. The van der Waals surface area contributed by atoms with Crippen LogP contribution in [0, 0.1) is 0 Å². The highest BCUT2D eigenvalue weighted by Crippen LogP contribution is 2.42. The Morgan fingerprint density at radius 3 is 1.94 bits per heavy atom. The maximum Gasteiger partial charge on any atom is 0.0733 e. The first-order valence-electron chi connectivity index (χ1n) is 11.3. The second-order valence-electron chi connectivity index (χ2n) is 8.34. The van der Waals surface area contributed by atoms with Gasteiger partial charge in [0.15, 0.2) is 0 Å². The summed E-state index contributed by atoms with van der Waals surface area (Å²) < 4.78 is 2.32. The SMILES string of the molecule is Cn1c2ccccc2c2cccc(N(c3ccccc3)c3cccc(-c4ccccc4)c3)c21. The van der Waals surface area contributed by atoms with Crippen LogP contribution in [0.15, 0.2) is 127 Å². The second kappa shape index (κ2) is 7.99. The Kier molecular flexibility index (Phi) is 4.70. The van der Waals surface area contributed by atoms with Gasteiger partial charge in [0.1, 0.15) is 0 Å². The lowest BCUT2D eigenvalue weighted by molar-refractivity contribution is 1.01. The van der Waals surface area contributed by atoms with Crippen molar-refractivity contribution in [2.45, 2.75) is 0 Å². The monoisotopic (exact) mass is 424 g/mol. The van der Waals surface area contributed by atoms with Gasteiger partial charge in [0.25, 0.3) is 0 Å². The van der Waals surface area contributed by atoms with Gasteiger partial charge in [0.2, 0.25) is 0 Å². The smallest absolute Gasteiger partial charge is 0.0733 e. The standard InChI is InChI=1S/C31H24N2/c1-32-29-20-9-8-18-27(29)28-19-11-21-30(31(28)32)33(25-15-6-3-7-16-25)26-17-10-14-24(22-26)23-12-4-2-5-13-23/h2-22H,1H3. The minimum Gasteiger partial charge on any atom is -0.342 e. The van der Waals surface area contributed by atoms with E-state index in [0.29, 0.717) is 0 Å². The molecule has 0 aliphatic rings. The van der Waals surface area contributed by atoms with Crippen LogP contribution in [-0.4, -0.2) is 4.57 Å². The summed E-state index contributed by atoms with van der Waals surface area (Å²) in [5.41, 5.74) is 8.34. The Morgan fingerprint density at radius 2 is 1.12 bits per heavy atom. The van der Waals surface area contributed by atoms with Crippen LogP contribution in [0.4, 0.5) is 17.1 Å². The predicted octanol–water partition coefficient (Wildman–Crippen LogP) is 8.47. The highest BCUT2D eigenvalue weighted by Gasteiger charge is 2.19. The molecule has 0 unspecified atom stereocenters. The fourth-order valence-corrected chi connectivity index (χ4v) is 4.86. The van der Waals surface area contributed by atoms with Gasteiger partial charge in [-0.05, 0) is 47.5 Å². The van der Waals surface area contributed by atoms with Gasteiger partial charge >= 0.3 is 0 Å². The number of hydrogen-bond donors (Lipinski definition) is 0. The molecule has 1 heterocycles. The zero-order valence-electron chi connectivity index (χ0n) is 18.5. The van der Waals surface area contributed by atoms with E-state index >= 15 is 0 Å². The molecule has 6 rings (SSSR count). The quantitative estimate of drug-likeness (QED) is 0.275. The Morgan fingerprint density at radius 1 is 0.515 bits per heavy atom. The molecule has 6 aromatic rings. The summed E-state index contributed by atoms with van der Waals surface area (Å²) in [6.07, 6.45) is 0. The third-order valence-corrected chi connectivity index (χ3v) is 6.37. The Balaban J connectivity index is 1.63. The van der Waals surface area contributed by atoms with Crippen molar-refractivity contribution in [1.82, 2.24) is 4.57 Å². The van der Waals surface area contributed by atoms with Crippen LogP contribution in [0.5, 0.6) is 0 Å². The van der Waals surface area contributed by atoms with E-state index in [9.17, 15) is 0 Å². The molecule has 0 aliphatic carbocycles. The fraction of sp³-hybridized carbons (Fsp3) is 0.0323. The molecule has 0 bridgehead atoms. The molecule has 0 atom stereocenters. The van der Waals surface area contributed by atoms with Gasteiger partial charge < -0.3 is 9.47 Å². The average Bonchev–Trinajstić information content (AvgIpc) is 3.18. The topological polar surface area (TPSA) is 8.17 Å². The van der Waals surface area contributed by atoms with Gasteiger partial charge in [-0.2, -0.15) is 0 Å². The summed E-state index contributed by atoms with van der Waals surface area (Å²) in [4.78, 5) is 2.37. The van der Waals surface area contributed by atoms with Gasteiger partial charge in [0.05, 0.1) is 11.2 Å². The Hall–Kier alpha value is -4.30. The van der Waals surface area contributed by atoms with Crippen molar-refractivity contribution in [2.24, 2.45) is 7.05 Å². The molecular formula is C31H24N2. The van der Waals surface area contributed by atoms with Gasteiger partial charge in [-0.25, -0.2) is 0 Å². The summed E-state index contributed by atoms with van der Waals surface area (Å²) in [6, 6.07) is 45.3. The minimum atomic E-state index is 1.14. The second-order valence-corrected chi connectivity index (χ2v) is 8.34. The lowest BCUT2D eigenvalue weighted by atomic mass is 10.0. The van der Waals surface area contributed by atoms with Crippen LogP contribution in [0.3, 0.4) is 0 Å². The van der Waals surface area contributed by atoms with Crippen molar-refractivity contribution in [3.8, 4) is 11.1 Å². The van der Waals surface area contributed by atoms with E-state index in [4.69, 9.17) is 0 Å². The van der Waals surface area contributed by atoms with Crippen LogP contribution >= 0.6 is 0 Å². The molecule has 0 N–H and O–H groups in total. The van der Waals surface area contributed by atoms with Crippen LogP contribution in [0.2, 0.25) is 0 Å². The number of anilines is 3. The minimum absolute atomic E-state index is 1.14. The van der Waals surface area contributed by atoms with Crippen molar-refractivity contribution in [2.75, 3.05) is 4.90 Å². The van der Waals surface area contributed by atoms with E-state index in [0.717, 1.165) is 11.4 Å². The molecule has 0 radical (unpaired) electrons. The Bertz CT molecular complexity index is 1560. The third-order valence-electron chi connectivity index (χ3n) is 6.37. The van der Waals surface area contributed by atoms with E-state index in [-0.39, 0.29) is 0 Å². The maximum atomic E-state index is 2.37. The van der Waals surface area contributed by atoms with Gasteiger partial charge in [-0.3, -0.25) is 0 Å². The largest absolute Gasteiger partial charge is 0.342 e. The van der Waals surface area contributed by atoms with Gasteiger partial charge in [-0.15, -0.1) is 0 Å². The number of aromatic nitrogens is 1. The lowest BCUT2D eigenvalue weighted by Gasteiger charge is -2.27. The van der Waals surface area contributed by atoms with E-state index in [1.807, 2.05) is 0 Å². The molecule has 33 heavy (non-hydrogen) atoms. The zero-order valence-corrected chi connectivity index (χ0v) is 18.5. The molecule has 0 amide bonds. The molecule has 2 nitrogen and oxygen atoms in total. The summed E-state index contributed by atoms with van der Waals surface area (Å²) in [7, 11) is 2.16. The first-order chi connectivity index (χ1) is 16.3.